The molecule has 0 bridgehead atoms. The zero-order chi connectivity index (χ0) is 31.2. The number of hydrogen-bond acceptors (Lipinski definition) is 6. The standard InChI is InChI=1S/C35H38N6O3/c1-22-19-39(34(43)44-35(4,5)6)20-23(2)41(22)27-13-11-25(12-14-27)26-17-36-33-31(18-37-40(33)21-26)29-15-16-32(38-24(3)42)30-10-8-7-9-28(29)30/h7-18,21-23H,19-20H2,1-6H3,(H,38,42). The van der Waals surface area contributed by atoms with E-state index < -0.39 is 5.60 Å². The van der Waals surface area contributed by atoms with Gasteiger partial charge in [-0.15, -0.1) is 0 Å². The lowest BCUT2D eigenvalue weighted by Crippen LogP contribution is -2.58. The van der Waals surface area contributed by atoms with Gasteiger partial charge in [0, 0.05) is 72.4 Å². The molecular formula is C35H38N6O3. The molecule has 226 valence electrons. The molecule has 1 aliphatic rings. The Morgan fingerprint density at radius 2 is 1.55 bits per heavy atom. The van der Waals surface area contributed by atoms with E-state index in [9.17, 15) is 9.59 Å². The summed E-state index contributed by atoms with van der Waals surface area (Å²) in [4.78, 5) is 33.4. The van der Waals surface area contributed by atoms with Crippen molar-refractivity contribution in [3.63, 3.8) is 0 Å². The summed E-state index contributed by atoms with van der Waals surface area (Å²) < 4.78 is 7.43. The highest BCUT2D eigenvalue weighted by atomic mass is 16.6. The van der Waals surface area contributed by atoms with Crippen molar-refractivity contribution >= 4 is 39.8 Å². The molecule has 6 rings (SSSR count). The number of aromatic nitrogens is 3. The number of nitrogens with zero attached hydrogens (tertiary/aromatic N) is 5. The number of benzene rings is 3. The predicted octanol–water partition coefficient (Wildman–Crippen LogP) is 7.01. The van der Waals surface area contributed by atoms with E-state index in [1.54, 1.807) is 0 Å². The minimum atomic E-state index is -0.513. The highest BCUT2D eigenvalue weighted by molar-refractivity contribution is 6.08. The van der Waals surface area contributed by atoms with Gasteiger partial charge in [0.15, 0.2) is 5.65 Å². The number of nitrogens with one attached hydrogen (secondary N) is 1. The molecule has 2 aromatic heterocycles. The van der Waals surface area contributed by atoms with Gasteiger partial charge in [0.1, 0.15) is 5.60 Å². The van der Waals surface area contributed by atoms with Crippen molar-refractivity contribution in [2.75, 3.05) is 23.3 Å². The van der Waals surface area contributed by atoms with Crippen LogP contribution in [0.3, 0.4) is 0 Å². The number of piperazine rings is 1. The van der Waals surface area contributed by atoms with Gasteiger partial charge in [0.05, 0.1) is 6.20 Å². The summed E-state index contributed by atoms with van der Waals surface area (Å²) in [6, 6.07) is 20.7. The molecule has 5 aromatic rings. The van der Waals surface area contributed by atoms with Gasteiger partial charge in [0.25, 0.3) is 0 Å². The molecule has 9 nitrogen and oxygen atoms in total. The molecule has 2 unspecified atom stereocenters. The van der Waals surface area contributed by atoms with Crippen LogP contribution in [0.2, 0.25) is 0 Å². The van der Waals surface area contributed by atoms with Crippen LogP contribution < -0.4 is 10.2 Å². The van der Waals surface area contributed by atoms with E-state index in [1.165, 1.54) is 6.92 Å². The Morgan fingerprint density at radius 1 is 0.864 bits per heavy atom. The van der Waals surface area contributed by atoms with Crippen LogP contribution in [0.15, 0.2) is 79.3 Å². The molecule has 2 amide bonds. The first-order valence-electron chi connectivity index (χ1n) is 15.0. The Hall–Kier alpha value is -4.92. The van der Waals surface area contributed by atoms with E-state index in [1.807, 2.05) is 79.1 Å². The summed E-state index contributed by atoms with van der Waals surface area (Å²) in [6.45, 7) is 12.7. The molecule has 0 aliphatic carbocycles. The van der Waals surface area contributed by atoms with Gasteiger partial charge in [-0.05, 0) is 69.3 Å². The van der Waals surface area contributed by atoms with Crippen molar-refractivity contribution in [2.24, 2.45) is 0 Å². The Bertz CT molecular complexity index is 1840. The van der Waals surface area contributed by atoms with Crippen molar-refractivity contribution in [1.82, 2.24) is 19.5 Å². The second kappa shape index (κ2) is 11.3. The molecule has 2 atom stereocenters. The first kappa shape index (κ1) is 29.2. The zero-order valence-electron chi connectivity index (χ0n) is 26.0. The Morgan fingerprint density at radius 3 is 2.20 bits per heavy atom. The highest BCUT2D eigenvalue weighted by Gasteiger charge is 2.34. The van der Waals surface area contributed by atoms with Crippen molar-refractivity contribution in [2.45, 2.75) is 59.2 Å². The first-order valence-corrected chi connectivity index (χ1v) is 15.0. The maximum absolute atomic E-state index is 12.7. The van der Waals surface area contributed by atoms with E-state index in [0.29, 0.717) is 13.1 Å². The Balaban J connectivity index is 1.23. The predicted molar refractivity (Wildman–Crippen MR) is 175 cm³/mol. The third kappa shape index (κ3) is 5.69. The average molecular weight is 591 g/mol. The fourth-order valence-electron chi connectivity index (χ4n) is 6.18. The molecule has 0 spiro atoms. The average Bonchev–Trinajstić information content (AvgIpc) is 3.39. The number of rotatable bonds is 4. The van der Waals surface area contributed by atoms with Crippen LogP contribution >= 0.6 is 0 Å². The second-order valence-electron chi connectivity index (χ2n) is 12.6. The van der Waals surface area contributed by atoms with Crippen LogP contribution in [0.5, 0.6) is 0 Å². The Labute approximate surface area is 257 Å². The van der Waals surface area contributed by atoms with E-state index in [4.69, 9.17) is 9.72 Å². The normalized spacial score (nSPS) is 17.2. The van der Waals surface area contributed by atoms with Crippen LogP contribution in [0.4, 0.5) is 16.2 Å². The SMILES string of the molecule is CC(=O)Nc1ccc(-c2cnn3cc(-c4ccc(N5C(C)CN(C(=O)OC(C)(C)C)CC5C)cc4)cnc23)c2ccccc12. The smallest absolute Gasteiger partial charge is 0.410 e. The van der Waals surface area contributed by atoms with Crippen molar-refractivity contribution in [3.8, 4) is 22.3 Å². The lowest BCUT2D eigenvalue weighted by atomic mass is 9.98. The number of anilines is 2. The molecule has 3 heterocycles. The van der Waals surface area contributed by atoms with Crippen LogP contribution in [0.1, 0.15) is 41.5 Å². The van der Waals surface area contributed by atoms with Crippen molar-refractivity contribution in [1.29, 1.82) is 0 Å². The fraction of sp³-hybridized carbons (Fsp3) is 0.314. The number of carbonyl (C=O) groups excluding carboxylic acids is 2. The summed E-state index contributed by atoms with van der Waals surface area (Å²) in [5, 5.41) is 9.56. The fourth-order valence-corrected chi connectivity index (χ4v) is 6.18. The second-order valence-corrected chi connectivity index (χ2v) is 12.6. The van der Waals surface area contributed by atoms with Gasteiger partial charge in [-0.25, -0.2) is 14.3 Å². The van der Waals surface area contributed by atoms with Gasteiger partial charge < -0.3 is 19.9 Å². The third-order valence-corrected chi connectivity index (χ3v) is 7.95. The molecule has 1 fully saturated rings. The molecular weight excluding hydrogens is 552 g/mol. The van der Waals surface area contributed by atoms with E-state index >= 15 is 0 Å². The third-order valence-electron chi connectivity index (χ3n) is 7.95. The maximum atomic E-state index is 12.7. The molecule has 1 saturated heterocycles. The van der Waals surface area contributed by atoms with E-state index in [2.05, 4.69) is 59.5 Å². The number of ether oxygens (including phenoxy) is 1. The molecule has 0 saturated carbocycles. The molecule has 9 heteroatoms. The molecule has 1 N–H and O–H groups in total. The molecule has 1 aliphatic heterocycles. The molecule has 44 heavy (non-hydrogen) atoms. The van der Waals surface area contributed by atoms with Gasteiger partial charge in [-0.2, -0.15) is 5.10 Å². The summed E-state index contributed by atoms with van der Waals surface area (Å²) in [5.74, 6) is -0.106. The van der Waals surface area contributed by atoms with Crippen molar-refractivity contribution in [3.05, 3.63) is 79.3 Å². The summed E-state index contributed by atoms with van der Waals surface area (Å²) in [5.41, 5.74) is 6.06. The van der Waals surface area contributed by atoms with Gasteiger partial charge >= 0.3 is 6.09 Å². The lowest BCUT2D eigenvalue weighted by Gasteiger charge is -2.45. The summed E-state index contributed by atoms with van der Waals surface area (Å²) in [7, 11) is 0. The number of hydrogen-bond donors (Lipinski definition) is 1. The largest absolute Gasteiger partial charge is 0.444 e. The van der Waals surface area contributed by atoms with Crippen LogP contribution in [0, 0.1) is 0 Å². The topological polar surface area (TPSA) is 92.1 Å². The van der Waals surface area contributed by atoms with Crippen LogP contribution in [-0.4, -0.2) is 62.3 Å². The zero-order valence-corrected chi connectivity index (χ0v) is 26.0. The lowest BCUT2D eigenvalue weighted by molar-refractivity contribution is -0.114. The van der Waals surface area contributed by atoms with Crippen LogP contribution in [-0.2, 0) is 9.53 Å². The van der Waals surface area contributed by atoms with Gasteiger partial charge in [0.2, 0.25) is 5.91 Å². The Kier molecular flexibility index (Phi) is 7.49. The molecule has 3 aromatic carbocycles. The van der Waals surface area contributed by atoms with Crippen LogP contribution in [0.25, 0.3) is 38.7 Å². The number of carbonyl (C=O) groups is 2. The minimum absolute atomic E-state index is 0.106. The maximum Gasteiger partial charge on any atom is 0.410 e. The first-order chi connectivity index (χ1) is 21.0. The minimum Gasteiger partial charge on any atom is -0.444 e. The molecule has 0 radical (unpaired) electrons. The monoisotopic (exact) mass is 590 g/mol. The quantitative estimate of drug-likeness (QED) is 0.242. The summed E-state index contributed by atoms with van der Waals surface area (Å²) >= 11 is 0. The van der Waals surface area contributed by atoms with Gasteiger partial charge in [-0.3, -0.25) is 4.79 Å². The highest BCUT2D eigenvalue weighted by Crippen LogP contribution is 2.35. The van der Waals surface area contributed by atoms with E-state index in [0.717, 1.165) is 50.0 Å². The van der Waals surface area contributed by atoms with Crippen molar-refractivity contribution < 1.29 is 14.3 Å². The van der Waals surface area contributed by atoms with Gasteiger partial charge in [-0.1, -0.05) is 42.5 Å². The number of fused-ring (bicyclic) bond motifs is 2. The summed E-state index contributed by atoms with van der Waals surface area (Å²) in [6.07, 6.45) is 5.47. The van der Waals surface area contributed by atoms with E-state index in [-0.39, 0.29) is 24.1 Å². The number of amides is 2.